The van der Waals surface area contributed by atoms with Gasteiger partial charge in [0.2, 0.25) is 21.8 Å². The lowest BCUT2D eigenvalue weighted by molar-refractivity contribution is -0.126. The Bertz CT molecular complexity index is 1020. The first-order valence-electron chi connectivity index (χ1n) is 9.43. The standard InChI is InChI=1S/C21H26ClN3O4S/c1-13(2)19(25-30(28,29)17-10-6-9-16(22)11-17)21(27)23-12-18(26)24-20-14(3)7-5-8-15(20)4/h5-11,13,19,25H,12H2,1-4H3,(H,23,27)(H,24,26)/t19-/m0/s1. The summed E-state index contributed by atoms with van der Waals surface area (Å²) in [7, 11) is -3.97. The zero-order valence-corrected chi connectivity index (χ0v) is 18.9. The number of sulfonamides is 1. The monoisotopic (exact) mass is 451 g/mol. The van der Waals surface area contributed by atoms with E-state index in [4.69, 9.17) is 11.6 Å². The van der Waals surface area contributed by atoms with Crippen molar-refractivity contribution < 1.29 is 18.0 Å². The third-order valence-electron chi connectivity index (χ3n) is 4.51. The number of hydrogen-bond acceptors (Lipinski definition) is 4. The predicted molar refractivity (Wildman–Crippen MR) is 118 cm³/mol. The molecule has 0 saturated carbocycles. The second-order valence-corrected chi connectivity index (χ2v) is 9.48. The minimum absolute atomic E-state index is 0.0405. The summed E-state index contributed by atoms with van der Waals surface area (Å²) in [4.78, 5) is 24.8. The molecule has 0 heterocycles. The van der Waals surface area contributed by atoms with Crippen molar-refractivity contribution in [3.63, 3.8) is 0 Å². The van der Waals surface area contributed by atoms with Crippen LogP contribution in [-0.4, -0.2) is 32.8 Å². The average Bonchev–Trinajstić information content (AvgIpc) is 2.67. The molecule has 0 aliphatic heterocycles. The molecular weight excluding hydrogens is 426 g/mol. The predicted octanol–water partition coefficient (Wildman–Crippen LogP) is 3.01. The van der Waals surface area contributed by atoms with Crippen LogP contribution < -0.4 is 15.4 Å². The molecule has 9 heteroatoms. The molecule has 2 aromatic rings. The molecule has 0 spiro atoms. The number of halogens is 1. The van der Waals surface area contributed by atoms with Crippen LogP contribution in [0.25, 0.3) is 0 Å². The van der Waals surface area contributed by atoms with Crippen LogP contribution in [0.15, 0.2) is 47.4 Å². The molecule has 0 bridgehead atoms. The van der Waals surface area contributed by atoms with E-state index in [0.29, 0.717) is 5.69 Å². The molecule has 0 aliphatic carbocycles. The van der Waals surface area contributed by atoms with Gasteiger partial charge in [0.15, 0.2) is 0 Å². The largest absolute Gasteiger partial charge is 0.346 e. The number of anilines is 1. The van der Waals surface area contributed by atoms with Gasteiger partial charge in [-0.25, -0.2) is 8.42 Å². The molecule has 0 radical (unpaired) electrons. The topological polar surface area (TPSA) is 104 Å². The van der Waals surface area contributed by atoms with Gasteiger partial charge in [-0.05, 0) is 49.1 Å². The molecule has 1 atom stereocenters. The molecule has 0 unspecified atom stereocenters. The Balaban J connectivity index is 2.04. The maximum Gasteiger partial charge on any atom is 0.243 e. The van der Waals surface area contributed by atoms with Gasteiger partial charge in [0.25, 0.3) is 0 Å². The number of hydrogen-bond donors (Lipinski definition) is 3. The average molecular weight is 452 g/mol. The SMILES string of the molecule is Cc1cccc(C)c1NC(=O)CNC(=O)[C@@H](NS(=O)(=O)c1cccc(Cl)c1)C(C)C. The zero-order chi connectivity index (χ0) is 22.5. The molecule has 0 saturated heterocycles. The van der Waals surface area contributed by atoms with Crippen molar-refractivity contribution in [1.82, 2.24) is 10.0 Å². The number of carbonyl (C=O) groups excluding carboxylic acids is 2. The van der Waals surface area contributed by atoms with Gasteiger partial charge in [0.1, 0.15) is 6.04 Å². The van der Waals surface area contributed by atoms with Crippen molar-refractivity contribution in [3.05, 3.63) is 58.6 Å². The minimum Gasteiger partial charge on any atom is -0.346 e. The summed E-state index contributed by atoms with van der Waals surface area (Å²) >= 11 is 5.87. The lowest BCUT2D eigenvalue weighted by atomic mass is 10.1. The lowest BCUT2D eigenvalue weighted by Gasteiger charge is -2.21. The first-order chi connectivity index (χ1) is 14.0. The van der Waals surface area contributed by atoms with Gasteiger partial charge >= 0.3 is 0 Å². The van der Waals surface area contributed by atoms with Gasteiger partial charge < -0.3 is 10.6 Å². The van der Waals surface area contributed by atoms with Crippen LogP contribution in [0, 0.1) is 19.8 Å². The van der Waals surface area contributed by atoms with Crippen molar-refractivity contribution in [2.24, 2.45) is 5.92 Å². The van der Waals surface area contributed by atoms with E-state index < -0.39 is 27.9 Å². The first-order valence-corrected chi connectivity index (χ1v) is 11.3. The summed E-state index contributed by atoms with van der Waals surface area (Å²) in [5, 5.41) is 5.55. The summed E-state index contributed by atoms with van der Waals surface area (Å²) in [6, 6.07) is 10.4. The molecule has 0 fully saturated rings. The van der Waals surface area contributed by atoms with Gasteiger partial charge in [0.05, 0.1) is 11.4 Å². The first kappa shape index (κ1) is 23.9. The van der Waals surface area contributed by atoms with Crippen LogP contribution in [-0.2, 0) is 19.6 Å². The fraction of sp³-hybridized carbons (Fsp3) is 0.333. The maximum absolute atomic E-state index is 12.6. The van der Waals surface area contributed by atoms with Crippen molar-refractivity contribution in [1.29, 1.82) is 0 Å². The van der Waals surface area contributed by atoms with E-state index >= 15 is 0 Å². The van der Waals surface area contributed by atoms with Crippen LogP contribution in [0.4, 0.5) is 5.69 Å². The summed E-state index contributed by atoms with van der Waals surface area (Å²) in [6.45, 7) is 6.89. The van der Waals surface area contributed by atoms with Gasteiger partial charge in [-0.15, -0.1) is 0 Å². The molecule has 3 N–H and O–H groups in total. The van der Waals surface area contributed by atoms with Crippen molar-refractivity contribution in [2.45, 2.75) is 38.6 Å². The van der Waals surface area contributed by atoms with E-state index in [0.717, 1.165) is 11.1 Å². The molecule has 0 aromatic heterocycles. The Morgan fingerprint density at radius 3 is 2.20 bits per heavy atom. The molecule has 2 aromatic carbocycles. The maximum atomic E-state index is 12.6. The van der Waals surface area contributed by atoms with E-state index in [1.807, 2.05) is 32.0 Å². The number of carbonyl (C=O) groups is 2. The Labute approximate surface area is 182 Å². The van der Waals surface area contributed by atoms with Crippen LogP contribution in [0.3, 0.4) is 0 Å². The fourth-order valence-corrected chi connectivity index (χ4v) is 4.48. The highest BCUT2D eigenvalue weighted by Crippen LogP contribution is 2.19. The third-order valence-corrected chi connectivity index (χ3v) is 6.18. The minimum atomic E-state index is -3.97. The van der Waals surface area contributed by atoms with Crippen molar-refractivity contribution >= 4 is 39.1 Å². The Morgan fingerprint density at radius 2 is 1.63 bits per heavy atom. The van der Waals surface area contributed by atoms with Gasteiger partial charge in [-0.3, -0.25) is 9.59 Å². The molecule has 2 amide bonds. The Hall–Kier alpha value is -2.42. The fourth-order valence-electron chi connectivity index (χ4n) is 2.83. The van der Waals surface area contributed by atoms with E-state index in [1.165, 1.54) is 18.2 Å². The highest BCUT2D eigenvalue weighted by atomic mass is 35.5. The smallest absolute Gasteiger partial charge is 0.243 e. The van der Waals surface area contributed by atoms with E-state index in [1.54, 1.807) is 19.9 Å². The quantitative estimate of drug-likeness (QED) is 0.573. The Morgan fingerprint density at radius 1 is 1.03 bits per heavy atom. The number of nitrogens with one attached hydrogen (secondary N) is 3. The number of aryl methyl sites for hydroxylation is 2. The van der Waals surface area contributed by atoms with Crippen LogP contribution in [0.5, 0.6) is 0 Å². The second kappa shape index (κ2) is 10.1. The van der Waals surface area contributed by atoms with Crippen LogP contribution >= 0.6 is 11.6 Å². The number of para-hydroxylation sites is 1. The second-order valence-electron chi connectivity index (χ2n) is 7.33. The molecule has 0 aliphatic rings. The third kappa shape index (κ3) is 6.29. The lowest BCUT2D eigenvalue weighted by Crippen LogP contribution is -2.50. The van der Waals surface area contributed by atoms with Gasteiger partial charge in [-0.2, -0.15) is 4.72 Å². The highest BCUT2D eigenvalue weighted by molar-refractivity contribution is 7.89. The van der Waals surface area contributed by atoms with Crippen LogP contribution in [0.2, 0.25) is 5.02 Å². The van der Waals surface area contributed by atoms with Crippen LogP contribution in [0.1, 0.15) is 25.0 Å². The molecular formula is C21H26ClN3O4S. The summed E-state index contributed by atoms with van der Waals surface area (Å²) < 4.78 is 27.7. The normalized spacial score (nSPS) is 12.5. The summed E-state index contributed by atoms with van der Waals surface area (Å²) in [6.07, 6.45) is 0. The summed E-state index contributed by atoms with van der Waals surface area (Å²) in [5.74, 6) is -1.34. The van der Waals surface area contributed by atoms with Crippen molar-refractivity contribution in [3.8, 4) is 0 Å². The van der Waals surface area contributed by atoms with Gasteiger partial charge in [0, 0.05) is 10.7 Å². The van der Waals surface area contributed by atoms with E-state index in [9.17, 15) is 18.0 Å². The molecule has 7 nitrogen and oxygen atoms in total. The highest BCUT2D eigenvalue weighted by Gasteiger charge is 2.28. The molecule has 162 valence electrons. The van der Waals surface area contributed by atoms with Crippen molar-refractivity contribution in [2.75, 3.05) is 11.9 Å². The number of rotatable bonds is 8. The molecule has 30 heavy (non-hydrogen) atoms. The summed E-state index contributed by atoms with van der Waals surface area (Å²) in [5.41, 5.74) is 2.51. The number of benzene rings is 2. The Kier molecular flexibility index (Phi) is 8.00. The molecule has 2 rings (SSSR count). The van der Waals surface area contributed by atoms with E-state index in [-0.39, 0.29) is 22.4 Å². The van der Waals surface area contributed by atoms with E-state index in [2.05, 4.69) is 15.4 Å². The van der Waals surface area contributed by atoms with Gasteiger partial charge in [-0.1, -0.05) is 49.7 Å². The zero-order valence-electron chi connectivity index (χ0n) is 17.3. The number of amides is 2.